The van der Waals surface area contributed by atoms with Gasteiger partial charge in [0.15, 0.2) is 0 Å². The average molecular weight is 400 g/mol. The number of hydrogen-bond acceptors (Lipinski definition) is 5. The molecule has 0 saturated carbocycles. The average Bonchev–Trinajstić information content (AvgIpc) is 2.78. The van der Waals surface area contributed by atoms with Crippen LogP contribution in [-0.2, 0) is 0 Å². The van der Waals surface area contributed by atoms with Crippen molar-refractivity contribution in [2.75, 3.05) is 5.73 Å². The van der Waals surface area contributed by atoms with E-state index in [1.807, 2.05) is 72.8 Å². The first kappa shape index (κ1) is 20.4. The van der Waals surface area contributed by atoms with Crippen molar-refractivity contribution in [3.63, 3.8) is 0 Å². The van der Waals surface area contributed by atoms with Gasteiger partial charge in [0.05, 0.1) is 10.6 Å². The molecule has 0 atom stereocenters. The molecule has 2 N–H and O–H groups in total. The molecule has 0 heterocycles. The zero-order valence-corrected chi connectivity index (χ0v) is 16.0. The molecule has 150 valence electrons. The molecule has 0 aliphatic heterocycles. The van der Waals surface area contributed by atoms with Crippen molar-refractivity contribution >= 4 is 11.4 Å². The SMILES string of the molecule is Nc1ccccc1Oc1ccccc1.O=[N+]([O-])c1ccccc1Oc1ccccc1. The number of nitro benzene ring substituents is 1. The lowest BCUT2D eigenvalue weighted by molar-refractivity contribution is -0.385. The van der Waals surface area contributed by atoms with Gasteiger partial charge in [-0.05, 0) is 42.5 Å². The highest BCUT2D eigenvalue weighted by Gasteiger charge is 2.13. The zero-order chi connectivity index (χ0) is 21.2. The number of nitrogens with two attached hydrogens (primary N) is 1. The van der Waals surface area contributed by atoms with Crippen LogP contribution in [0.1, 0.15) is 0 Å². The van der Waals surface area contributed by atoms with E-state index in [9.17, 15) is 10.1 Å². The van der Waals surface area contributed by atoms with E-state index in [4.69, 9.17) is 15.2 Å². The van der Waals surface area contributed by atoms with Crippen molar-refractivity contribution in [2.24, 2.45) is 0 Å². The number of nitro groups is 1. The Kier molecular flexibility index (Phi) is 7.00. The monoisotopic (exact) mass is 400 g/mol. The van der Waals surface area contributed by atoms with Crippen LogP contribution in [0.3, 0.4) is 0 Å². The molecule has 6 nitrogen and oxygen atoms in total. The van der Waals surface area contributed by atoms with Crippen molar-refractivity contribution < 1.29 is 14.4 Å². The fraction of sp³-hybridized carbons (Fsp3) is 0. The number of anilines is 1. The summed E-state index contributed by atoms with van der Waals surface area (Å²) in [5.74, 6) is 2.32. The molecule has 4 aromatic rings. The summed E-state index contributed by atoms with van der Waals surface area (Å²) in [7, 11) is 0. The van der Waals surface area contributed by atoms with E-state index < -0.39 is 4.92 Å². The summed E-state index contributed by atoms with van der Waals surface area (Å²) in [4.78, 5) is 10.3. The highest BCUT2D eigenvalue weighted by Crippen LogP contribution is 2.30. The largest absolute Gasteiger partial charge is 0.455 e. The Bertz CT molecular complexity index is 1090. The quantitative estimate of drug-likeness (QED) is 0.236. The summed E-state index contributed by atoms with van der Waals surface area (Å²) in [5, 5.41) is 10.7. The summed E-state index contributed by atoms with van der Waals surface area (Å²) < 4.78 is 11.0. The van der Waals surface area contributed by atoms with E-state index in [1.54, 1.807) is 30.3 Å². The summed E-state index contributed by atoms with van der Waals surface area (Å²) in [6.45, 7) is 0. The van der Waals surface area contributed by atoms with Crippen molar-refractivity contribution in [3.05, 3.63) is 119 Å². The van der Waals surface area contributed by atoms with E-state index >= 15 is 0 Å². The van der Waals surface area contributed by atoms with Gasteiger partial charge in [-0.25, -0.2) is 0 Å². The number of para-hydroxylation sites is 6. The van der Waals surface area contributed by atoms with Gasteiger partial charge >= 0.3 is 5.69 Å². The van der Waals surface area contributed by atoms with Gasteiger partial charge in [0.2, 0.25) is 5.75 Å². The summed E-state index contributed by atoms with van der Waals surface area (Å²) >= 11 is 0. The van der Waals surface area contributed by atoms with Gasteiger partial charge in [0.25, 0.3) is 0 Å². The predicted molar refractivity (Wildman–Crippen MR) is 117 cm³/mol. The Morgan fingerprint density at radius 2 is 1.03 bits per heavy atom. The Balaban J connectivity index is 0.000000172. The first-order chi connectivity index (χ1) is 14.6. The number of rotatable bonds is 5. The van der Waals surface area contributed by atoms with E-state index in [0.29, 0.717) is 17.2 Å². The minimum absolute atomic E-state index is 0.0358. The van der Waals surface area contributed by atoms with Crippen molar-refractivity contribution in [1.29, 1.82) is 0 Å². The summed E-state index contributed by atoms with van der Waals surface area (Å²) in [5.41, 5.74) is 6.36. The Morgan fingerprint density at radius 1 is 0.600 bits per heavy atom. The molecule has 0 fully saturated rings. The highest BCUT2D eigenvalue weighted by molar-refractivity contribution is 5.53. The van der Waals surface area contributed by atoms with Gasteiger partial charge in [0, 0.05) is 6.07 Å². The zero-order valence-electron chi connectivity index (χ0n) is 16.0. The van der Waals surface area contributed by atoms with Crippen molar-refractivity contribution in [3.8, 4) is 23.0 Å². The maximum atomic E-state index is 10.7. The molecule has 0 unspecified atom stereocenters. The van der Waals surface area contributed by atoms with E-state index in [0.717, 1.165) is 5.75 Å². The summed E-state index contributed by atoms with van der Waals surface area (Å²) in [6.07, 6.45) is 0. The molecular formula is C24H20N2O4. The first-order valence-corrected chi connectivity index (χ1v) is 9.17. The third-order valence-electron chi connectivity index (χ3n) is 3.92. The second kappa shape index (κ2) is 10.3. The number of ether oxygens (including phenoxy) is 2. The fourth-order valence-corrected chi connectivity index (χ4v) is 2.50. The molecule has 4 rings (SSSR count). The highest BCUT2D eigenvalue weighted by atomic mass is 16.6. The Labute approximate surface area is 174 Å². The number of nitrogen functional groups attached to an aromatic ring is 1. The van der Waals surface area contributed by atoms with Gasteiger partial charge in [-0.3, -0.25) is 10.1 Å². The number of benzene rings is 4. The molecule has 0 amide bonds. The van der Waals surface area contributed by atoms with Crippen LogP contribution in [0.15, 0.2) is 109 Å². The van der Waals surface area contributed by atoms with Crippen LogP contribution in [-0.4, -0.2) is 4.92 Å². The van der Waals surface area contributed by atoms with Crippen LogP contribution >= 0.6 is 0 Å². The lowest BCUT2D eigenvalue weighted by atomic mass is 10.3. The molecule has 0 aliphatic carbocycles. The molecule has 30 heavy (non-hydrogen) atoms. The van der Waals surface area contributed by atoms with Gasteiger partial charge < -0.3 is 15.2 Å². The summed E-state index contributed by atoms with van der Waals surface area (Å²) in [6, 6.07) is 32.3. The van der Waals surface area contributed by atoms with Crippen LogP contribution in [0.25, 0.3) is 0 Å². The van der Waals surface area contributed by atoms with E-state index in [-0.39, 0.29) is 11.4 Å². The van der Waals surface area contributed by atoms with Gasteiger partial charge in [0.1, 0.15) is 17.2 Å². The first-order valence-electron chi connectivity index (χ1n) is 9.17. The second-order valence-corrected chi connectivity index (χ2v) is 6.09. The third-order valence-corrected chi connectivity index (χ3v) is 3.92. The normalized spacial score (nSPS) is 9.73. The molecule has 0 aliphatic rings. The van der Waals surface area contributed by atoms with Crippen LogP contribution in [0, 0.1) is 10.1 Å². The predicted octanol–water partition coefficient (Wildman–Crippen LogP) is 6.45. The molecule has 0 bridgehead atoms. The molecule has 6 heteroatoms. The van der Waals surface area contributed by atoms with Gasteiger partial charge in [-0.15, -0.1) is 0 Å². The maximum Gasteiger partial charge on any atom is 0.311 e. The number of nitrogens with zero attached hydrogens (tertiary/aromatic N) is 1. The smallest absolute Gasteiger partial charge is 0.311 e. The van der Waals surface area contributed by atoms with E-state index in [1.165, 1.54) is 6.07 Å². The van der Waals surface area contributed by atoms with E-state index in [2.05, 4.69) is 0 Å². The lowest BCUT2D eigenvalue weighted by Gasteiger charge is -2.07. The minimum atomic E-state index is -0.460. The lowest BCUT2D eigenvalue weighted by Crippen LogP contribution is -1.92. The van der Waals surface area contributed by atoms with Gasteiger partial charge in [-0.1, -0.05) is 60.7 Å². The van der Waals surface area contributed by atoms with Gasteiger partial charge in [-0.2, -0.15) is 0 Å². The molecule has 0 aromatic heterocycles. The van der Waals surface area contributed by atoms with Crippen molar-refractivity contribution in [1.82, 2.24) is 0 Å². The van der Waals surface area contributed by atoms with Crippen molar-refractivity contribution in [2.45, 2.75) is 0 Å². The fourth-order valence-electron chi connectivity index (χ4n) is 2.50. The topological polar surface area (TPSA) is 87.6 Å². The third kappa shape index (κ3) is 5.84. The second-order valence-electron chi connectivity index (χ2n) is 6.09. The Hall–Kier alpha value is -4.32. The molecule has 4 aromatic carbocycles. The number of hydrogen-bond donors (Lipinski definition) is 1. The standard InChI is InChI=1S/C12H9NO3.C12H11NO/c14-13(15)11-8-4-5-9-12(11)16-10-6-2-1-3-7-10;13-11-8-4-5-9-12(11)14-10-6-2-1-3-7-10/h1-9H;1-9H,13H2. The maximum absolute atomic E-state index is 10.7. The molecule has 0 spiro atoms. The molecule has 0 radical (unpaired) electrons. The molecule has 0 saturated heterocycles. The van der Waals surface area contributed by atoms with Crippen LogP contribution in [0.4, 0.5) is 11.4 Å². The van der Waals surface area contributed by atoms with Crippen LogP contribution < -0.4 is 15.2 Å². The minimum Gasteiger partial charge on any atom is -0.455 e. The van der Waals surface area contributed by atoms with Crippen LogP contribution in [0.5, 0.6) is 23.0 Å². The Morgan fingerprint density at radius 3 is 1.57 bits per heavy atom. The molecular weight excluding hydrogens is 380 g/mol. The van der Waals surface area contributed by atoms with Crippen LogP contribution in [0.2, 0.25) is 0 Å².